The van der Waals surface area contributed by atoms with Crippen molar-refractivity contribution in [1.29, 1.82) is 0 Å². The van der Waals surface area contributed by atoms with Crippen LogP contribution in [0.25, 0.3) is 0 Å². The van der Waals surface area contributed by atoms with Crippen LogP contribution in [0, 0.1) is 0 Å². The molecule has 0 radical (unpaired) electrons. The number of alkyl halides is 3. The molecule has 2 N–H and O–H groups in total. The van der Waals surface area contributed by atoms with Gasteiger partial charge in [-0.05, 0) is 63.6 Å². The molecule has 3 rings (SSSR count). The molecule has 0 bridgehead atoms. The van der Waals surface area contributed by atoms with Gasteiger partial charge < -0.3 is 20.1 Å². The van der Waals surface area contributed by atoms with E-state index in [2.05, 4.69) is 15.9 Å². The Balaban J connectivity index is 2.34. The first kappa shape index (κ1) is 27.3. The molecule has 0 aliphatic carbocycles. The quantitative estimate of drug-likeness (QED) is 0.430. The highest BCUT2D eigenvalue weighted by atomic mass is 79.9. The molecule has 2 aromatic carbocycles. The summed E-state index contributed by atoms with van der Waals surface area (Å²) < 4.78 is 52.0. The maximum Gasteiger partial charge on any atom is 0.416 e. The Kier molecular flexibility index (Phi) is 8.18. The predicted molar refractivity (Wildman–Crippen MR) is 133 cm³/mol. The van der Waals surface area contributed by atoms with Gasteiger partial charge >= 0.3 is 18.1 Å². The maximum absolute atomic E-state index is 13.5. The number of hydrogen-bond donors (Lipinski definition) is 1. The van der Waals surface area contributed by atoms with Crippen LogP contribution in [0.3, 0.4) is 0 Å². The highest BCUT2D eigenvalue weighted by Gasteiger charge is 2.42. The molecule has 0 saturated heterocycles. The van der Waals surface area contributed by atoms with E-state index in [9.17, 15) is 22.8 Å². The largest absolute Gasteiger partial charge is 0.463 e. The van der Waals surface area contributed by atoms with Crippen LogP contribution in [0.5, 0.6) is 0 Å². The van der Waals surface area contributed by atoms with Crippen molar-refractivity contribution in [3.63, 3.8) is 0 Å². The van der Waals surface area contributed by atoms with Gasteiger partial charge in [-0.2, -0.15) is 13.2 Å². The summed E-state index contributed by atoms with van der Waals surface area (Å²) in [6, 6.07) is 11.4. The number of anilines is 1. The average molecular weight is 567 g/mol. The van der Waals surface area contributed by atoms with Gasteiger partial charge in [-0.25, -0.2) is 9.59 Å². The Morgan fingerprint density at radius 3 is 2.28 bits per heavy atom. The number of carbonyl (C=O) groups is 2. The standard InChI is InChI=1S/C26H26BrF3N2O4/c1-5-35-24(33)20-15(4)32(19-8-6-7-17(13-19)26(28,29)30)23(31)22(25(34)36-14(2)3)21(20)16-9-11-18(27)12-10-16/h6-14,21H,5,31H2,1-4H3. The van der Waals surface area contributed by atoms with Crippen LogP contribution in [-0.4, -0.2) is 24.6 Å². The maximum atomic E-state index is 13.5. The van der Waals surface area contributed by atoms with Crippen molar-refractivity contribution in [3.8, 4) is 0 Å². The van der Waals surface area contributed by atoms with E-state index in [-0.39, 0.29) is 35.0 Å². The van der Waals surface area contributed by atoms with Crippen molar-refractivity contribution in [1.82, 2.24) is 0 Å². The molecule has 1 atom stereocenters. The smallest absolute Gasteiger partial charge is 0.416 e. The van der Waals surface area contributed by atoms with E-state index >= 15 is 0 Å². The van der Waals surface area contributed by atoms with Gasteiger partial charge in [0, 0.05) is 15.9 Å². The average Bonchev–Trinajstić information content (AvgIpc) is 2.78. The molecule has 0 fully saturated rings. The third-order valence-corrected chi connectivity index (χ3v) is 6.04. The lowest BCUT2D eigenvalue weighted by molar-refractivity contribution is -0.143. The third kappa shape index (κ3) is 5.59. The zero-order valence-electron chi connectivity index (χ0n) is 20.2. The van der Waals surface area contributed by atoms with Crippen molar-refractivity contribution in [3.05, 3.63) is 86.8 Å². The minimum atomic E-state index is -4.61. The Morgan fingerprint density at radius 1 is 1.08 bits per heavy atom. The lowest BCUT2D eigenvalue weighted by Crippen LogP contribution is -2.39. The third-order valence-electron chi connectivity index (χ3n) is 5.51. The van der Waals surface area contributed by atoms with Gasteiger partial charge in [0.1, 0.15) is 5.82 Å². The van der Waals surface area contributed by atoms with E-state index in [1.54, 1.807) is 52.0 Å². The lowest BCUT2D eigenvalue weighted by Gasteiger charge is -2.37. The molecule has 0 aromatic heterocycles. The van der Waals surface area contributed by atoms with E-state index in [0.717, 1.165) is 16.6 Å². The second kappa shape index (κ2) is 10.8. The molecule has 10 heteroatoms. The van der Waals surface area contributed by atoms with Gasteiger partial charge in [0.2, 0.25) is 0 Å². The van der Waals surface area contributed by atoms with E-state index in [1.165, 1.54) is 17.0 Å². The fourth-order valence-corrected chi connectivity index (χ4v) is 4.30. The van der Waals surface area contributed by atoms with Crippen molar-refractivity contribution < 1.29 is 32.2 Å². The summed E-state index contributed by atoms with van der Waals surface area (Å²) in [7, 11) is 0. The topological polar surface area (TPSA) is 81.9 Å². The fourth-order valence-electron chi connectivity index (χ4n) is 4.04. The van der Waals surface area contributed by atoms with Crippen LogP contribution >= 0.6 is 15.9 Å². The van der Waals surface area contributed by atoms with Crippen molar-refractivity contribution in [2.24, 2.45) is 5.73 Å². The number of carbonyl (C=O) groups excluding carboxylic acids is 2. The summed E-state index contributed by atoms with van der Waals surface area (Å²) in [6.45, 7) is 6.55. The summed E-state index contributed by atoms with van der Waals surface area (Å²) in [6.07, 6.45) is -5.12. The normalized spacial score (nSPS) is 16.5. The number of halogens is 4. The molecule has 6 nitrogen and oxygen atoms in total. The number of nitrogens with two attached hydrogens (primary N) is 1. The second-order valence-electron chi connectivity index (χ2n) is 8.34. The van der Waals surface area contributed by atoms with Gasteiger partial charge in [-0.1, -0.05) is 34.1 Å². The van der Waals surface area contributed by atoms with Crippen molar-refractivity contribution in [2.75, 3.05) is 11.5 Å². The van der Waals surface area contributed by atoms with Gasteiger partial charge in [-0.15, -0.1) is 0 Å². The highest BCUT2D eigenvalue weighted by Crippen LogP contribution is 2.44. The number of hydrogen-bond acceptors (Lipinski definition) is 6. The molecule has 1 heterocycles. The Morgan fingerprint density at radius 2 is 1.72 bits per heavy atom. The second-order valence-corrected chi connectivity index (χ2v) is 9.26. The molecule has 1 aliphatic heterocycles. The van der Waals surface area contributed by atoms with Crippen molar-refractivity contribution >= 4 is 33.6 Å². The van der Waals surface area contributed by atoms with Crippen LogP contribution in [0.2, 0.25) is 0 Å². The van der Waals surface area contributed by atoms with E-state index in [0.29, 0.717) is 5.56 Å². The molecule has 0 amide bonds. The molecule has 2 aromatic rings. The van der Waals surface area contributed by atoms with Crippen LogP contribution in [0.1, 0.15) is 44.7 Å². The van der Waals surface area contributed by atoms with Crippen LogP contribution < -0.4 is 10.6 Å². The van der Waals surface area contributed by atoms with Gasteiger partial charge in [0.15, 0.2) is 0 Å². The summed E-state index contributed by atoms with van der Waals surface area (Å²) >= 11 is 3.37. The van der Waals surface area contributed by atoms with E-state index in [1.807, 2.05) is 0 Å². The highest BCUT2D eigenvalue weighted by molar-refractivity contribution is 9.10. The number of rotatable bonds is 6. The zero-order chi connectivity index (χ0) is 26.8. The van der Waals surface area contributed by atoms with Crippen LogP contribution in [0.4, 0.5) is 18.9 Å². The number of nitrogens with zero attached hydrogens (tertiary/aromatic N) is 1. The van der Waals surface area contributed by atoms with Gasteiger partial charge in [-0.3, -0.25) is 0 Å². The number of benzene rings is 2. The first-order valence-electron chi connectivity index (χ1n) is 11.2. The fraction of sp³-hybridized carbons (Fsp3) is 0.308. The van der Waals surface area contributed by atoms with Crippen LogP contribution in [-0.2, 0) is 25.2 Å². The number of ether oxygens (including phenoxy) is 2. The molecule has 0 spiro atoms. The zero-order valence-corrected chi connectivity index (χ0v) is 21.7. The molecule has 1 unspecified atom stereocenters. The Hall–Kier alpha value is -3.27. The van der Waals surface area contributed by atoms with Gasteiger partial charge in [0.05, 0.1) is 35.3 Å². The first-order valence-corrected chi connectivity index (χ1v) is 12.0. The predicted octanol–water partition coefficient (Wildman–Crippen LogP) is 6.03. The Bertz CT molecular complexity index is 1220. The summed E-state index contributed by atoms with van der Waals surface area (Å²) in [5, 5.41) is 0. The minimum absolute atomic E-state index is 0.0331. The summed E-state index contributed by atoms with van der Waals surface area (Å²) in [5.74, 6) is -2.62. The minimum Gasteiger partial charge on any atom is -0.463 e. The molecule has 192 valence electrons. The molecule has 1 aliphatic rings. The SMILES string of the molecule is CCOC(=O)C1=C(C)N(c2cccc(C(F)(F)F)c2)C(N)=C(C(=O)OC(C)C)C1c1ccc(Br)cc1. The molecule has 0 saturated carbocycles. The summed E-state index contributed by atoms with van der Waals surface area (Å²) in [4.78, 5) is 27.9. The first-order chi connectivity index (χ1) is 16.9. The summed E-state index contributed by atoms with van der Waals surface area (Å²) in [5.41, 5.74) is 6.43. The van der Waals surface area contributed by atoms with Crippen molar-refractivity contribution in [2.45, 2.75) is 45.9 Å². The molecule has 36 heavy (non-hydrogen) atoms. The number of allylic oxidation sites excluding steroid dienone is 1. The molecular formula is C26H26BrF3N2O4. The Labute approximate surface area is 215 Å². The van der Waals surface area contributed by atoms with E-state index in [4.69, 9.17) is 15.2 Å². The van der Waals surface area contributed by atoms with Crippen LogP contribution in [0.15, 0.2) is 75.7 Å². The van der Waals surface area contributed by atoms with E-state index < -0.39 is 35.7 Å². The monoisotopic (exact) mass is 566 g/mol. The lowest BCUT2D eigenvalue weighted by atomic mass is 9.80. The number of esters is 2. The van der Waals surface area contributed by atoms with Gasteiger partial charge in [0.25, 0.3) is 0 Å². The molecular weight excluding hydrogens is 541 g/mol.